The molecule has 0 saturated heterocycles. The molecule has 4 heteroatoms. The van der Waals surface area contributed by atoms with Gasteiger partial charge in [-0.05, 0) is 80.6 Å². The van der Waals surface area contributed by atoms with Crippen molar-refractivity contribution >= 4 is 11.4 Å². The lowest BCUT2D eigenvalue weighted by molar-refractivity contribution is -0.0154. The van der Waals surface area contributed by atoms with E-state index in [1.807, 2.05) is 0 Å². The highest BCUT2D eigenvalue weighted by Crippen LogP contribution is 2.64. The summed E-state index contributed by atoms with van der Waals surface area (Å²) in [4.78, 5) is 0. The van der Waals surface area contributed by atoms with E-state index >= 15 is 0 Å². The second-order valence-corrected chi connectivity index (χ2v) is 8.69. The number of rotatable bonds is 0. The van der Waals surface area contributed by atoms with Crippen molar-refractivity contribution in [1.29, 1.82) is 0 Å². The zero-order chi connectivity index (χ0) is 16.2. The molecule has 4 N–H and O–H groups in total. The molecule has 0 aromatic rings. The Morgan fingerprint density at radius 3 is 2.43 bits per heavy atom. The first-order valence-corrected chi connectivity index (χ1v) is 9.28. The summed E-state index contributed by atoms with van der Waals surface area (Å²) >= 11 is 0. The molecule has 0 radical (unpaired) electrons. The first kappa shape index (κ1) is 15.2. The summed E-state index contributed by atoms with van der Waals surface area (Å²) in [5.41, 5.74) is 4.62. The van der Waals surface area contributed by atoms with E-state index < -0.39 is 0 Å². The molecule has 5 atom stereocenters. The Bertz CT molecular complexity index is 604. The molecule has 4 aliphatic carbocycles. The minimum Gasteiger partial charge on any atom is -0.323 e. The van der Waals surface area contributed by atoms with E-state index in [9.17, 15) is 0 Å². The third kappa shape index (κ3) is 1.96. The maximum absolute atomic E-state index is 5.71. The van der Waals surface area contributed by atoms with Crippen LogP contribution in [0.5, 0.6) is 0 Å². The predicted octanol–water partition coefficient (Wildman–Crippen LogP) is 3.58. The number of hydrogen-bond donors (Lipinski definition) is 2. The van der Waals surface area contributed by atoms with Crippen molar-refractivity contribution in [1.82, 2.24) is 0 Å². The van der Waals surface area contributed by atoms with E-state index in [1.54, 1.807) is 5.57 Å². The Morgan fingerprint density at radius 2 is 1.70 bits per heavy atom. The summed E-state index contributed by atoms with van der Waals surface area (Å²) in [6, 6.07) is 0. The molecule has 3 saturated carbocycles. The third-order valence-corrected chi connectivity index (χ3v) is 8.04. The Labute approximate surface area is 139 Å². The molecule has 4 nitrogen and oxygen atoms in total. The summed E-state index contributed by atoms with van der Waals surface area (Å²) < 4.78 is 0. The van der Waals surface area contributed by atoms with E-state index in [-0.39, 0.29) is 5.41 Å². The van der Waals surface area contributed by atoms with Gasteiger partial charge in [0.1, 0.15) is 0 Å². The number of allylic oxidation sites excluding steroid dienone is 2. The number of hydrazone groups is 2. The van der Waals surface area contributed by atoms with Gasteiger partial charge in [0.25, 0.3) is 0 Å². The smallest absolute Gasteiger partial charge is 0.0600 e. The molecule has 4 aliphatic rings. The lowest BCUT2D eigenvalue weighted by Crippen LogP contribution is -2.50. The Kier molecular flexibility index (Phi) is 3.37. The second-order valence-electron chi connectivity index (χ2n) is 8.69. The summed E-state index contributed by atoms with van der Waals surface area (Å²) in [7, 11) is 0. The van der Waals surface area contributed by atoms with E-state index in [1.165, 1.54) is 44.2 Å². The fourth-order valence-electron chi connectivity index (χ4n) is 6.67. The van der Waals surface area contributed by atoms with Crippen LogP contribution in [-0.2, 0) is 0 Å². The second kappa shape index (κ2) is 5.09. The van der Waals surface area contributed by atoms with E-state index in [4.69, 9.17) is 11.7 Å². The van der Waals surface area contributed by atoms with Crippen molar-refractivity contribution in [3.63, 3.8) is 0 Å². The van der Waals surface area contributed by atoms with Crippen LogP contribution in [0, 0.1) is 28.6 Å². The van der Waals surface area contributed by atoms with Gasteiger partial charge in [0.05, 0.1) is 5.71 Å². The van der Waals surface area contributed by atoms with Gasteiger partial charge in [-0.2, -0.15) is 10.2 Å². The van der Waals surface area contributed by atoms with Gasteiger partial charge in [-0.25, -0.2) is 0 Å². The quantitative estimate of drug-likeness (QED) is 0.529. The largest absolute Gasteiger partial charge is 0.323 e. The molecular formula is C19H30N4. The van der Waals surface area contributed by atoms with Crippen LogP contribution in [0.15, 0.2) is 21.9 Å². The zero-order valence-electron chi connectivity index (χ0n) is 14.5. The van der Waals surface area contributed by atoms with Gasteiger partial charge < -0.3 is 11.7 Å². The molecule has 3 fully saturated rings. The Hall–Kier alpha value is -1.32. The highest BCUT2D eigenvalue weighted by atomic mass is 15.1. The van der Waals surface area contributed by atoms with Gasteiger partial charge >= 0.3 is 0 Å². The number of hydrogen-bond acceptors (Lipinski definition) is 4. The van der Waals surface area contributed by atoms with Crippen LogP contribution in [0.25, 0.3) is 0 Å². The van der Waals surface area contributed by atoms with Crippen molar-refractivity contribution in [2.45, 2.75) is 65.2 Å². The predicted molar refractivity (Wildman–Crippen MR) is 94.9 cm³/mol. The Balaban J connectivity index is 1.68. The monoisotopic (exact) mass is 314 g/mol. The lowest BCUT2D eigenvalue weighted by Gasteiger charge is -2.57. The van der Waals surface area contributed by atoms with Gasteiger partial charge in [-0.1, -0.05) is 19.4 Å². The van der Waals surface area contributed by atoms with E-state index in [0.717, 1.165) is 36.3 Å². The topological polar surface area (TPSA) is 76.8 Å². The maximum Gasteiger partial charge on any atom is 0.0600 e. The molecule has 23 heavy (non-hydrogen) atoms. The third-order valence-electron chi connectivity index (χ3n) is 8.04. The van der Waals surface area contributed by atoms with Crippen LogP contribution >= 0.6 is 0 Å². The standard InChI is InChI=1S/C19H30N4/c1-18-9-7-13(22-20)11-12(18)3-4-14-15-5-6-17(23-21)19(15,2)10-8-16(14)18/h11,14-16H,3-10,20-21H2,1-2H3/b22-13+,23-17+/t14-,15+,16+,18-,19-/m0/s1. The van der Waals surface area contributed by atoms with Crippen molar-refractivity contribution in [3.8, 4) is 0 Å². The number of nitrogens with zero attached hydrogens (tertiary/aromatic N) is 2. The molecule has 126 valence electrons. The molecule has 0 bridgehead atoms. The van der Waals surface area contributed by atoms with Crippen molar-refractivity contribution in [2.75, 3.05) is 0 Å². The molecule has 4 rings (SSSR count). The summed E-state index contributed by atoms with van der Waals surface area (Å²) in [6.45, 7) is 4.94. The molecular weight excluding hydrogens is 284 g/mol. The lowest BCUT2D eigenvalue weighted by atomic mass is 9.47. The van der Waals surface area contributed by atoms with Crippen LogP contribution < -0.4 is 11.7 Å². The summed E-state index contributed by atoms with van der Waals surface area (Å²) in [5, 5.41) is 8.15. The Morgan fingerprint density at radius 1 is 0.913 bits per heavy atom. The van der Waals surface area contributed by atoms with Crippen LogP contribution in [0.4, 0.5) is 0 Å². The average Bonchev–Trinajstić information content (AvgIpc) is 2.90. The normalized spacial score (nSPS) is 49.5. The zero-order valence-corrected chi connectivity index (χ0v) is 14.5. The maximum atomic E-state index is 5.71. The highest BCUT2D eigenvalue weighted by Gasteiger charge is 2.58. The first-order chi connectivity index (χ1) is 11.0. The van der Waals surface area contributed by atoms with E-state index in [2.05, 4.69) is 30.1 Å². The van der Waals surface area contributed by atoms with Crippen LogP contribution in [0.1, 0.15) is 65.2 Å². The van der Waals surface area contributed by atoms with Crippen molar-refractivity contribution in [3.05, 3.63) is 11.6 Å². The molecule has 0 aromatic carbocycles. The first-order valence-electron chi connectivity index (χ1n) is 9.28. The molecule has 0 unspecified atom stereocenters. The van der Waals surface area contributed by atoms with Gasteiger partial charge in [0.2, 0.25) is 0 Å². The number of fused-ring (bicyclic) bond motifs is 5. The van der Waals surface area contributed by atoms with Gasteiger partial charge in [-0.3, -0.25) is 0 Å². The van der Waals surface area contributed by atoms with Crippen LogP contribution in [-0.4, -0.2) is 11.4 Å². The average molecular weight is 314 g/mol. The summed E-state index contributed by atoms with van der Waals surface area (Å²) in [5.74, 6) is 13.7. The molecule has 0 amide bonds. The molecule has 0 spiro atoms. The minimum atomic E-state index is 0.270. The van der Waals surface area contributed by atoms with E-state index in [0.29, 0.717) is 5.41 Å². The van der Waals surface area contributed by atoms with Gasteiger partial charge in [-0.15, -0.1) is 0 Å². The number of nitrogens with two attached hydrogens (primary N) is 2. The molecule has 0 aliphatic heterocycles. The molecule has 0 aromatic heterocycles. The SMILES string of the molecule is C[C@]12CC/C(=N\N)C=C1CC[C@@H]1[C@H]2CC[C@]2(C)/C(=N/N)CC[C@H]12. The fraction of sp³-hybridized carbons (Fsp3) is 0.789. The van der Waals surface area contributed by atoms with Gasteiger partial charge in [0.15, 0.2) is 0 Å². The molecule has 0 heterocycles. The van der Waals surface area contributed by atoms with Crippen LogP contribution in [0.3, 0.4) is 0 Å². The van der Waals surface area contributed by atoms with Crippen LogP contribution in [0.2, 0.25) is 0 Å². The highest BCUT2D eigenvalue weighted by molar-refractivity contribution is 5.96. The minimum absolute atomic E-state index is 0.270. The summed E-state index contributed by atoms with van der Waals surface area (Å²) in [6.07, 6.45) is 12.1. The van der Waals surface area contributed by atoms with Crippen molar-refractivity contribution in [2.24, 2.45) is 50.5 Å². The fourth-order valence-corrected chi connectivity index (χ4v) is 6.67. The van der Waals surface area contributed by atoms with Crippen molar-refractivity contribution < 1.29 is 0 Å². The van der Waals surface area contributed by atoms with Gasteiger partial charge in [0, 0.05) is 11.1 Å².